The van der Waals surface area contributed by atoms with E-state index in [-0.39, 0.29) is 0 Å². The summed E-state index contributed by atoms with van der Waals surface area (Å²) in [6.45, 7) is 7.74. The lowest BCUT2D eigenvalue weighted by molar-refractivity contribution is 0.200. The first-order valence-corrected chi connectivity index (χ1v) is 9.01. The molecule has 0 radical (unpaired) electrons. The Hall–Kier alpha value is -0.373. The van der Waals surface area contributed by atoms with Crippen LogP contribution in [0.5, 0.6) is 0 Å². The highest BCUT2D eigenvalue weighted by Crippen LogP contribution is 2.26. The molecule has 0 heterocycles. The second-order valence-electron chi connectivity index (χ2n) is 4.59. The molecule has 1 unspecified atom stereocenters. The third kappa shape index (κ3) is 8.68. The van der Waals surface area contributed by atoms with Crippen molar-refractivity contribution in [2.24, 2.45) is 0 Å². The Balaban J connectivity index is 4.18. The summed E-state index contributed by atoms with van der Waals surface area (Å²) in [6, 6.07) is 2.25. The van der Waals surface area contributed by atoms with E-state index in [9.17, 15) is 0 Å². The molecule has 0 aliphatic carbocycles. The van der Waals surface area contributed by atoms with Crippen molar-refractivity contribution in [3.8, 4) is 6.07 Å². The molecule has 3 nitrogen and oxygen atoms in total. The van der Waals surface area contributed by atoms with Crippen LogP contribution in [0.3, 0.4) is 0 Å². The van der Waals surface area contributed by atoms with Crippen molar-refractivity contribution >= 4 is 9.28 Å². The van der Waals surface area contributed by atoms with Crippen molar-refractivity contribution < 1.29 is 8.85 Å². The van der Waals surface area contributed by atoms with Gasteiger partial charge in [0.1, 0.15) is 0 Å². The Morgan fingerprint density at radius 3 is 2.17 bits per heavy atom. The molecule has 0 aliphatic heterocycles. The summed E-state index contributed by atoms with van der Waals surface area (Å²) >= 11 is 0. The molecule has 0 aromatic carbocycles. The Kier molecular flexibility index (Phi) is 12.8. The highest BCUT2D eigenvalue weighted by Gasteiger charge is 2.24. The Morgan fingerprint density at radius 1 is 1.00 bits per heavy atom. The van der Waals surface area contributed by atoms with Gasteiger partial charge < -0.3 is 8.85 Å². The lowest BCUT2D eigenvalue weighted by Gasteiger charge is -2.24. The van der Waals surface area contributed by atoms with Crippen LogP contribution in [0.1, 0.15) is 65.7 Å². The average molecular weight is 271 g/mol. The predicted octanol–water partition coefficient (Wildman–Crippen LogP) is 3.92. The molecule has 0 amide bonds. The van der Waals surface area contributed by atoms with Crippen LogP contribution >= 0.6 is 0 Å². The van der Waals surface area contributed by atoms with E-state index in [4.69, 9.17) is 14.1 Å². The van der Waals surface area contributed by atoms with Gasteiger partial charge in [-0.3, -0.25) is 0 Å². The van der Waals surface area contributed by atoms with Gasteiger partial charge in [0.15, 0.2) is 0 Å². The lowest BCUT2D eigenvalue weighted by Crippen LogP contribution is -2.29. The fourth-order valence-electron chi connectivity index (χ4n) is 2.15. The molecule has 0 fully saturated rings. The zero-order valence-corrected chi connectivity index (χ0v) is 13.4. The van der Waals surface area contributed by atoms with Crippen molar-refractivity contribution in [3.05, 3.63) is 0 Å². The van der Waals surface area contributed by atoms with Gasteiger partial charge in [0.2, 0.25) is 0 Å². The maximum atomic E-state index is 8.75. The van der Waals surface area contributed by atoms with Gasteiger partial charge in [-0.2, -0.15) is 5.26 Å². The van der Waals surface area contributed by atoms with E-state index in [1.807, 2.05) is 13.8 Å². The normalized spacial score (nSPS) is 12.6. The molecule has 0 spiro atoms. The molecule has 4 heteroatoms. The van der Waals surface area contributed by atoms with Gasteiger partial charge in [0.25, 0.3) is 0 Å². The smallest absolute Gasteiger partial charge is 0.324 e. The van der Waals surface area contributed by atoms with Crippen molar-refractivity contribution in [3.63, 3.8) is 0 Å². The van der Waals surface area contributed by atoms with Gasteiger partial charge in [0, 0.05) is 25.2 Å². The van der Waals surface area contributed by atoms with Crippen molar-refractivity contribution in [1.29, 1.82) is 5.26 Å². The standard InChI is InChI=1S/C14H29NO2Si/c1-4-7-8-9-11-14(12-10-13-15)18(16-5-2)17-6-3/h14,18H,4-12H2,1-3H3. The lowest BCUT2D eigenvalue weighted by atomic mass is 10.1. The van der Waals surface area contributed by atoms with Gasteiger partial charge in [0.05, 0.1) is 6.07 Å². The van der Waals surface area contributed by atoms with Gasteiger partial charge in [-0.1, -0.05) is 32.6 Å². The first-order chi connectivity index (χ1) is 8.79. The number of hydrogen-bond acceptors (Lipinski definition) is 3. The molecular formula is C14H29NO2Si. The summed E-state index contributed by atoms with van der Waals surface area (Å²) in [5.41, 5.74) is 0.501. The van der Waals surface area contributed by atoms with Crippen molar-refractivity contribution in [2.75, 3.05) is 13.2 Å². The number of hydrogen-bond donors (Lipinski definition) is 0. The zero-order chi connectivity index (χ0) is 13.6. The number of nitriles is 1. The summed E-state index contributed by atoms with van der Waals surface area (Å²) in [7, 11) is -1.58. The van der Waals surface area contributed by atoms with Crippen molar-refractivity contribution in [1.82, 2.24) is 0 Å². The number of unbranched alkanes of at least 4 members (excludes halogenated alkanes) is 3. The largest absolute Gasteiger partial charge is 0.397 e. The molecule has 0 N–H and O–H groups in total. The fourth-order valence-corrected chi connectivity index (χ4v) is 4.39. The molecule has 18 heavy (non-hydrogen) atoms. The molecule has 0 saturated carbocycles. The van der Waals surface area contributed by atoms with E-state index in [1.54, 1.807) is 0 Å². The topological polar surface area (TPSA) is 42.2 Å². The minimum absolute atomic E-state index is 0.501. The maximum Gasteiger partial charge on any atom is 0.324 e. The fraction of sp³-hybridized carbons (Fsp3) is 0.929. The molecule has 106 valence electrons. The van der Waals surface area contributed by atoms with Gasteiger partial charge in [-0.25, -0.2) is 0 Å². The number of nitrogens with zero attached hydrogens (tertiary/aromatic N) is 1. The summed E-state index contributed by atoms with van der Waals surface area (Å²) in [5.74, 6) is 0. The molecular weight excluding hydrogens is 242 g/mol. The molecule has 0 bridgehead atoms. The third-order valence-electron chi connectivity index (χ3n) is 3.10. The summed E-state index contributed by atoms with van der Waals surface area (Å²) in [5, 5.41) is 8.75. The van der Waals surface area contributed by atoms with E-state index in [1.165, 1.54) is 32.1 Å². The first-order valence-electron chi connectivity index (χ1n) is 7.40. The Labute approximate surface area is 114 Å². The molecule has 0 rings (SSSR count). The van der Waals surface area contributed by atoms with Crippen LogP contribution in [-0.4, -0.2) is 22.5 Å². The number of rotatable bonds is 12. The summed E-state index contributed by atoms with van der Waals surface area (Å²) in [6.07, 6.45) is 7.84. The van der Waals surface area contributed by atoms with E-state index in [2.05, 4.69) is 13.0 Å². The summed E-state index contributed by atoms with van der Waals surface area (Å²) in [4.78, 5) is 0. The van der Waals surface area contributed by atoms with Gasteiger partial charge in [-0.15, -0.1) is 0 Å². The molecule has 0 aliphatic rings. The van der Waals surface area contributed by atoms with E-state index in [0.717, 1.165) is 19.6 Å². The third-order valence-corrected chi connectivity index (χ3v) is 5.86. The minimum atomic E-state index is -1.58. The molecule has 0 aromatic rings. The van der Waals surface area contributed by atoms with Crippen molar-refractivity contribution in [2.45, 2.75) is 71.3 Å². The quantitative estimate of drug-likeness (QED) is 0.399. The van der Waals surface area contributed by atoms with E-state index in [0.29, 0.717) is 12.0 Å². The van der Waals surface area contributed by atoms with Crippen LogP contribution in [0, 0.1) is 11.3 Å². The SMILES string of the molecule is CCCCCCC(CCC#N)[SiH](OCC)OCC. The van der Waals surface area contributed by atoms with Crippen LogP contribution in [0.25, 0.3) is 0 Å². The van der Waals surface area contributed by atoms with Crippen LogP contribution in [0.15, 0.2) is 0 Å². The van der Waals surface area contributed by atoms with E-state index >= 15 is 0 Å². The first kappa shape index (κ1) is 17.6. The molecule has 1 atom stereocenters. The van der Waals surface area contributed by atoms with Crippen LogP contribution in [0.2, 0.25) is 5.54 Å². The van der Waals surface area contributed by atoms with Crippen LogP contribution < -0.4 is 0 Å². The highest BCUT2D eigenvalue weighted by atomic mass is 28.3. The minimum Gasteiger partial charge on any atom is -0.397 e. The highest BCUT2D eigenvalue weighted by molar-refractivity contribution is 6.46. The average Bonchev–Trinajstić information content (AvgIpc) is 2.38. The second-order valence-corrected chi connectivity index (χ2v) is 6.93. The monoisotopic (exact) mass is 271 g/mol. The van der Waals surface area contributed by atoms with Gasteiger partial charge >= 0.3 is 9.28 Å². The second kappa shape index (κ2) is 13.1. The zero-order valence-electron chi connectivity index (χ0n) is 12.3. The summed E-state index contributed by atoms with van der Waals surface area (Å²) < 4.78 is 11.6. The Bertz CT molecular complexity index is 212. The predicted molar refractivity (Wildman–Crippen MR) is 77.8 cm³/mol. The van der Waals surface area contributed by atoms with Crippen LogP contribution in [0.4, 0.5) is 0 Å². The maximum absolute atomic E-state index is 8.75. The van der Waals surface area contributed by atoms with Crippen LogP contribution in [-0.2, 0) is 8.85 Å². The molecule has 0 saturated heterocycles. The molecule has 0 aromatic heterocycles. The van der Waals surface area contributed by atoms with Gasteiger partial charge in [-0.05, 0) is 26.7 Å². The Morgan fingerprint density at radius 2 is 1.67 bits per heavy atom. The van der Waals surface area contributed by atoms with E-state index < -0.39 is 9.28 Å².